The van der Waals surface area contributed by atoms with E-state index in [0.29, 0.717) is 6.04 Å². The normalized spacial score (nSPS) is 25.9. The van der Waals surface area contributed by atoms with E-state index in [1.165, 1.54) is 57.8 Å². The Hall–Kier alpha value is -0.120. The molecule has 0 radical (unpaired) electrons. The molecular weight excluding hydrogens is 250 g/mol. The second-order valence-electron chi connectivity index (χ2n) is 6.56. The zero-order valence-corrected chi connectivity index (χ0v) is 13.3. The van der Waals surface area contributed by atoms with E-state index in [0.717, 1.165) is 32.8 Å². The van der Waals surface area contributed by atoms with Gasteiger partial charge in [-0.2, -0.15) is 0 Å². The summed E-state index contributed by atoms with van der Waals surface area (Å²) in [6, 6.07) is 0.664. The van der Waals surface area contributed by atoms with Crippen molar-refractivity contribution in [3.63, 3.8) is 0 Å². The average molecular weight is 283 g/mol. The quantitative estimate of drug-likeness (QED) is 0.690. The summed E-state index contributed by atoms with van der Waals surface area (Å²) in [5, 5.41) is 3.72. The van der Waals surface area contributed by atoms with Crippen molar-refractivity contribution < 1.29 is 9.47 Å². The van der Waals surface area contributed by atoms with Crippen molar-refractivity contribution in [3.05, 3.63) is 0 Å². The molecule has 1 aliphatic carbocycles. The fraction of sp³-hybridized carbons (Fsp3) is 1.00. The summed E-state index contributed by atoms with van der Waals surface area (Å²) in [4.78, 5) is 0. The monoisotopic (exact) mass is 283 g/mol. The molecule has 2 rings (SSSR count). The first kappa shape index (κ1) is 16.3. The molecule has 118 valence electrons. The molecule has 1 spiro atoms. The molecule has 1 heterocycles. The van der Waals surface area contributed by atoms with Gasteiger partial charge in [-0.1, -0.05) is 32.6 Å². The van der Waals surface area contributed by atoms with Crippen LogP contribution in [0.25, 0.3) is 0 Å². The predicted octanol–water partition coefficient (Wildman–Crippen LogP) is 3.66. The van der Waals surface area contributed by atoms with Gasteiger partial charge in [0.1, 0.15) is 0 Å². The van der Waals surface area contributed by atoms with Crippen molar-refractivity contribution in [1.82, 2.24) is 5.32 Å². The van der Waals surface area contributed by atoms with Crippen LogP contribution >= 0.6 is 0 Å². The molecule has 1 saturated heterocycles. The molecule has 1 N–H and O–H groups in total. The predicted molar refractivity (Wildman–Crippen MR) is 83.1 cm³/mol. The number of ether oxygens (including phenoxy) is 2. The van der Waals surface area contributed by atoms with Crippen molar-refractivity contribution in [2.45, 2.75) is 82.8 Å². The maximum Gasteiger partial charge on any atom is 0.0697 e. The van der Waals surface area contributed by atoms with Crippen LogP contribution < -0.4 is 5.32 Å². The molecule has 20 heavy (non-hydrogen) atoms. The van der Waals surface area contributed by atoms with Crippen LogP contribution in [-0.4, -0.2) is 38.0 Å². The summed E-state index contributed by atoms with van der Waals surface area (Å²) in [7, 11) is 0. The molecule has 0 aromatic rings. The lowest BCUT2D eigenvalue weighted by Crippen LogP contribution is -2.48. The van der Waals surface area contributed by atoms with E-state index in [2.05, 4.69) is 12.2 Å². The van der Waals surface area contributed by atoms with Crippen LogP contribution in [-0.2, 0) is 9.47 Å². The maximum atomic E-state index is 6.14. The van der Waals surface area contributed by atoms with Crippen LogP contribution in [0.4, 0.5) is 0 Å². The number of nitrogens with one attached hydrogen (secondary N) is 1. The van der Waals surface area contributed by atoms with Gasteiger partial charge in [-0.3, -0.25) is 0 Å². The summed E-state index contributed by atoms with van der Waals surface area (Å²) < 4.78 is 11.8. The Morgan fingerprint density at radius 3 is 2.75 bits per heavy atom. The minimum Gasteiger partial charge on any atom is -0.381 e. The summed E-state index contributed by atoms with van der Waals surface area (Å²) >= 11 is 0. The van der Waals surface area contributed by atoms with Gasteiger partial charge in [0.15, 0.2) is 0 Å². The molecule has 3 nitrogen and oxygen atoms in total. The van der Waals surface area contributed by atoms with Crippen molar-refractivity contribution >= 4 is 0 Å². The van der Waals surface area contributed by atoms with Crippen LogP contribution in [0.3, 0.4) is 0 Å². The third kappa shape index (κ3) is 5.34. The molecule has 1 saturated carbocycles. The van der Waals surface area contributed by atoms with E-state index in [-0.39, 0.29) is 5.60 Å². The smallest absolute Gasteiger partial charge is 0.0697 e. The zero-order chi connectivity index (χ0) is 14.1. The molecule has 1 atom stereocenters. The van der Waals surface area contributed by atoms with E-state index < -0.39 is 0 Å². The zero-order valence-electron chi connectivity index (χ0n) is 13.3. The molecule has 1 unspecified atom stereocenters. The van der Waals surface area contributed by atoms with E-state index in [1.807, 2.05) is 0 Å². The molecule has 1 aliphatic heterocycles. The standard InChI is InChI=1S/C17H33NO2/c1-2-3-12-19-13-7-11-18-16-8-14-20-17(15-16)9-5-4-6-10-17/h16,18H,2-15H2,1H3. The van der Waals surface area contributed by atoms with E-state index >= 15 is 0 Å². The molecule has 0 bridgehead atoms. The lowest BCUT2D eigenvalue weighted by molar-refractivity contribution is -0.109. The third-order valence-corrected chi connectivity index (χ3v) is 4.80. The lowest BCUT2D eigenvalue weighted by Gasteiger charge is -2.43. The Kier molecular flexibility index (Phi) is 7.32. The van der Waals surface area contributed by atoms with E-state index in [9.17, 15) is 0 Å². The van der Waals surface area contributed by atoms with Gasteiger partial charge in [-0.15, -0.1) is 0 Å². The van der Waals surface area contributed by atoms with Crippen LogP contribution in [0.1, 0.15) is 71.1 Å². The van der Waals surface area contributed by atoms with Crippen LogP contribution in [0.15, 0.2) is 0 Å². The van der Waals surface area contributed by atoms with E-state index in [4.69, 9.17) is 9.47 Å². The second-order valence-corrected chi connectivity index (χ2v) is 6.56. The molecular formula is C17H33NO2. The van der Waals surface area contributed by atoms with Crippen molar-refractivity contribution in [1.29, 1.82) is 0 Å². The minimum atomic E-state index is 0.228. The molecule has 0 aromatic carbocycles. The maximum absolute atomic E-state index is 6.14. The van der Waals surface area contributed by atoms with Crippen molar-refractivity contribution in [2.24, 2.45) is 0 Å². The number of rotatable bonds is 8. The average Bonchev–Trinajstić information content (AvgIpc) is 2.47. The van der Waals surface area contributed by atoms with Gasteiger partial charge in [-0.05, 0) is 45.1 Å². The molecule has 2 aliphatic rings. The third-order valence-electron chi connectivity index (χ3n) is 4.80. The number of hydrogen-bond donors (Lipinski definition) is 1. The van der Waals surface area contributed by atoms with Gasteiger partial charge in [0, 0.05) is 25.9 Å². The first-order valence-corrected chi connectivity index (χ1v) is 8.80. The Labute approximate surface area is 124 Å². The highest BCUT2D eigenvalue weighted by atomic mass is 16.5. The van der Waals surface area contributed by atoms with Gasteiger partial charge >= 0.3 is 0 Å². The van der Waals surface area contributed by atoms with Gasteiger partial charge < -0.3 is 14.8 Å². The lowest BCUT2D eigenvalue weighted by atomic mass is 9.78. The Morgan fingerprint density at radius 1 is 1.15 bits per heavy atom. The number of unbranched alkanes of at least 4 members (excludes halogenated alkanes) is 1. The van der Waals surface area contributed by atoms with Crippen LogP contribution in [0.5, 0.6) is 0 Å². The van der Waals surface area contributed by atoms with Crippen molar-refractivity contribution in [3.8, 4) is 0 Å². The van der Waals surface area contributed by atoms with Gasteiger partial charge in [0.2, 0.25) is 0 Å². The summed E-state index contributed by atoms with van der Waals surface area (Å²) in [5.41, 5.74) is 0.228. The number of hydrogen-bond acceptors (Lipinski definition) is 3. The van der Waals surface area contributed by atoms with Crippen molar-refractivity contribution in [2.75, 3.05) is 26.4 Å². The molecule has 2 fully saturated rings. The highest BCUT2D eigenvalue weighted by molar-refractivity contribution is 4.91. The fourth-order valence-corrected chi connectivity index (χ4v) is 3.58. The SMILES string of the molecule is CCCCOCCCNC1CCOC2(CCCCC2)C1. The van der Waals surface area contributed by atoms with Crippen LogP contribution in [0.2, 0.25) is 0 Å². The first-order chi connectivity index (χ1) is 9.85. The largest absolute Gasteiger partial charge is 0.381 e. The second kappa shape index (κ2) is 9.01. The van der Waals surface area contributed by atoms with Gasteiger partial charge in [-0.25, -0.2) is 0 Å². The Bertz CT molecular complexity index is 246. The van der Waals surface area contributed by atoms with Gasteiger partial charge in [0.25, 0.3) is 0 Å². The highest BCUT2D eigenvalue weighted by Crippen LogP contribution is 2.38. The Balaban J connectivity index is 1.56. The summed E-state index contributed by atoms with van der Waals surface area (Å²) in [6.45, 7) is 6.08. The Morgan fingerprint density at radius 2 is 1.95 bits per heavy atom. The summed E-state index contributed by atoms with van der Waals surface area (Å²) in [5.74, 6) is 0. The highest BCUT2D eigenvalue weighted by Gasteiger charge is 2.38. The summed E-state index contributed by atoms with van der Waals surface area (Å²) in [6.07, 6.45) is 12.6. The minimum absolute atomic E-state index is 0.228. The van der Waals surface area contributed by atoms with Crippen LogP contribution in [0, 0.1) is 0 Å². The molecule has 0 amide bonds. The first-order valence-electron chi connectivity index (χ1n) is 8.80. The fourth-order valence-electron chi connectivity index (χ4n) is 3.58. The molecule has 0 aromatic heterocycles. The van der Waals surface area contributed by atoms with E-state index in [1.54, 1.807) is 0 Å². The van der Waals surface area contributed by atoms with Gasteiger partial charge in [0.05, 0.1) is 5.60 Å². The molecule has 3 heteroatoms. The topological polar surface area (TPSA) is 30.5 Å².